The molecule has 0 amide bonds. The van der Waals surface area contributed by atoms with Gasteiger partial charge >= 0.3 is 0 Å². The largest absolute Gasteiger partial charge is 0.494 e. The van der Waals surface area contributed by atoms with E-state index in [9.17, 15) is 29.8 Å². The van der Waals surface area contributed by atoms with Crippen molar-refractivity contribution in [1.29, 1.82) is 0 Å². The molecular formula is C22H10Cl2N2O7S. The van der Waals surface area contributed by atoms with E-state index in [0.29, 0.717) is 22.8 Å². The van der Waals surface area contributed by atoms with Crippen molar-refractivity contribution in [2.75, 3.05) is 6.61 Å². The van der Waals surface area contributed by atoms with Crippen LogP contribution in [0.2, 0.25) is 10.0 Å². The van der Waals surface area contributed by atoms with E-state index in [0.717, 1.165) is 23.9 Å². The third kappa shape index (κ3) is 3.03. The van der Waals surface area contributed by atoms with Gasteiger partial charge in [-0.2, -0.15) is 0 Å². The molecule has 0 unspecified atom stereocenters. The number of benzene rings is 3. The Morgan fingerprint density at radius 1 is 0.941 bits per heavy atom. The molecule has 0 radical (unpaired) electrons. The number of carbonyl (C=O) groups excluding carboxylic acids is 1. The van der Waals surface area contributed by atoms with Gasteiger partial charge in [0.2, 0.25) is 5.78 Å². The Bertz CT molecular complexity index is 1710. The maximum atomic E-state index is 13.5. The van der Waals surface area contributed by atoms with Gasteiger partial charge in [0.15, 0.2) is 5.43 Å². The zero-order chi connectivity index (χ0) is 24.5. The highest BCUT2D eigenvalue weighted by Gasteiger charge is 2.33. The molecular weight excluding hydrogens is 507 g/mol. The third-order valence-electron chi connectivity index (χ3n) is 5.53. The highest BCUT2D eigenvalue weighted by atomic mass is 35.5. The van der Waals surface area contributed by atoms with Gasteiger partial charge in [0.05, 0.1) is 21.4 Å². The Morgan fingerprint density at radius 3 is 2.15 bits per heavy atom. The molecule has 0 fully saturated rings. The number of ketones is 1. The first-order valence-corrected chi connectivity index (χ1v) is 11.3. The van der Waals surface area contributed by atoms with Gasteiger partial charge in [-0.15, -0.1) is 0 Å². The Morgan fingerprint density at radius 2 is 1.56 bits per heavy atom. The second-order valence-electron chi connectivity index (χ2n) is 7.33. The molecule has 5 rings (SSSR count). The summed E-state index contributed by atoms with van der Waals surface area (Å²) in [5.41, 5.74) is -1.53. The lowest BCUT2D eigenvalue weighted by atomic mass is 10.0. The number of fused-ring (bicyclic) bond motifs is 1. The summed E-state index contributed by atoms with van der Waals surface area (Å²) in [6, 6.07) is 7.00. The van der Waals surface area contributed by atoms with Gasteiger partial charge in [-0.05, 0) is 25.1 Å². The number of ether oxygens (including phenoxy) is 1. The maximum absolute atomic E-state index is 13.5. The molecule has 0 aliphatic carbocycles. The summed E-state index contributed by atoms with van der Waals surface area (Å²) in [5, 5.41) is 22.3. The zero-order valence-electron chi connectivity index (χ0n) is 17.0. The summed E-state index contributed by atoms with van der Waals surface area (Å²) in [5.74, 6) is 0.103. The zero-order valence-corrected chi connectivity index (χ0v) is 19.3. The number of hydrogen-bond donors (Lipinski definition) is 0. The van der Waals surface area contributed by atoms with Crippen molar-refractivity contribution < 1.29 is 19.4 Å². The number of carbonyl (C=O) groups is 1. The van der Waals surface area contributed by atoms with Gasteiger partial charge < -0.3 is 4.74 Å². The first kappa shape index (κ1) is 22.3. The number of nitro benzene ring substituents is 2. The smallest absolute Gasteiger partial charge is 0.289 e. The Hall–Kier alpha value is -3.47. The van der Waals surface area contributed by atoms with Crippen LogP contribution in [-0.4, -0.2) is 22.2 Å². The fourth-order valence-corrected chi connectivity index (χ4v) is 5.98. The lowest BCUT2D eigenvalue weighted by Crippen LogP contribution is -2.23. The molecule has 4 aromatic rings. The second kappa shape index (κ2) is 7.79. The molecule has 9 nitrogen and oxygen atoms in total. The Balaban J connectivity index is 1.95. The summed E-state index contributed by atoms with van der Waals surface area (Å²) < 4.78 is 5.47. The lowest BCUT2D eigenvalue weighted by molar-refractivity contribution is -0.384. The van der Waals surface area contributed by atoms with Crippen molar-refractivity contribution in [3.63, 3.8) is 0 Å². The van der Waals surface area contributed by atoms with Crippen LogP contribution < -0.4 is 15.4 Å². The highest BCUT2D eigenvalue weighted by Crippen LogP contribution is 2.46. The molecule has 34 heavy (non-hydrogen) atoms. The van der Waals surface area contributed by atoms with Crippen LogP contribution in [0.5, 0.6) is 5.75 Å². The number of halogens is 2. The van der Waals surface area contributed by atoms with Crippen LogP contribution in [0.4, 0.5) is 11.4 Å². The van der Waals surface area contributed by atoms with Crippen LogP contribution in [0, 0.1) is 20.2 Å². The van der Waals surface area contributed by atoms with E-state index >= 15 is 0 Å². The Labute approximate surface area is 203 Å². The highest BCUT2D eigenvalue weighted by molar-refractivity contribution is 8.10. The number of thioether (sulfide) groups is 1. The van der Waals surface area contributed by atoms with Gasteiger partial charge in [0, 0.05) is 49.4 Å². The maximum Gasteiger partial charge on any atom is 0.289 e. The van der Waals surface area contributed by atoms with Gasteiger partial charge in [0.1, 0.15) is 15.8 Å². The third-order valence-corrected chi connectivity index (χ3v) is 7.44. The fraction of sp³-hybridized carbons (Fsp3) is 0.0909. The van der Waals surface area contributed by atoms with Gasteiger partial charge in [-0.3, -0.25) is 29.8 Å². The monoisotopic (exact) mass is 516 g/mol. The molecule has 0 atom stereocenters. The van der Waals surface area contributed by atoms with E-state index in [1.807, 2.05) is 6.92 Å². The van der Waals surface area contributed by atoms with Crippen molar-refractivity contribution >= 4 is 78.6 Å². The van der Waals surface area contributed by atoms with E-state index in [1.54, 1.807) is 18.2 Å². The van der Waals surface area contributed by atoms with Crippen molar-refractivity contribution in [1.82, 2.24) is 0 Å². The SMILES string of the molecule is CCOc1ccc2c(c1)S/C(=c1/c(=O)c3cc([N+](=O)[O-])c(Cl)c4c(Cl)c([N+](=O)[O-])cc1c43)C2=O. The van der Waals surface area contributed by atoms with Crippen molar-refractivity contribution in [2.24, 2.45) is 0 Å². The van der Waals surface area contributed by atoms with E-state index in [1.165, 1.54) is 0 Å². The fourth-order valence-electron chi connectivity index (χ4n) is 4.13. The minimum Gasteiger partial charge on any atom is -0.494 e. The van der Waals surface area contributed by atoms with Crippen LogP contribution in [-0.2, 0) is 0 Å². The van der Waals surface area contributed by atoms with Crippen LogP contribution in [0.1, 0.15) is 17.3 Å². The molecule has 0 aromatic heterocycles. The van der Waals surface area contributed by atoms with E-state index < -0.39 is 42.5 Å². The minimum atomic E-state index is -0.799. The molecule has 0 bridgehead atoms. The molecule has 4 aromatic carbocycles. The topological polar surface area (TPSA) is 130 Å². The summed E-state index contributed by atoms with van der Waals surface area (Å²) >= 11 is 13.5. The normalized spacial score (nSPS) is 14.7. The van der Waals surface area contributed by atoms with Crippen LogP contribution in [0.3, 0.4) is 0 Å². The minimum absolute atomic E-state index is 0.0570. The average molecular weight is 517 g/mol. The van der Waals surface area contributed by atoms with Crippen molar-refractivity contribution in [3.05, 3.63) is 81.6 Å². The molecule has 1 heterocycles. The second-order valence-corrected chi connectivity index (χ2v) is 9.14. The van der Waals surface area contributed by atoms with Crippen LogP contribution >= 0.6 is 35.0 Å². The molecule has 170 valence electrons. The predicted octanol–water partition coefficient (Wildman–Crippen LogP) is 5.13. The number of Topliss-reactive ketones (excluding diaryl/α,β-unsaturated/α-hetero) is 1. The number of hydrogen-bond acceptors (Lipinski definition) is 8. The molecule has 1 aliphatic rings. The number of nitro groups is 2. The average Bonchev–Trinajstić information content (AvgIpc) is 3.24. The molecule has 12 heteroatoms. The molecule has 0 N–H and O–H groups in total. The summed E-state index contributed by atoms with van der Waals surface area (Å²) in [6.07, 6.45) is 0. The lowest BCUT2D eigenvalue weighted by Gasteiger charge is -2.06. The first-order chi connectivity index (χ1) is 16.1. The summed E-state index contributed by atoms with van der Waals surface area (Å²) in [6.45, 7) is 2.24. The first-order valence-electron chi connectivity index (χ1n) is 9.71. The molecule has 0 spiro atoms. The van der Waals surface area contributed by atoms with E-state index in [4.69, 9.17) is 27.9 Å². The van der Waals surface area contributed by atoms with E-state index in [-0.39, 0.29) is 31.7 Å². The van der Waals surface area contributed by atoms with Crippen LogP contribution in [0.15, 0.2) is 40.0 Å². The predicted molar refractivity (Wildman–Crippen MR) is 129 cm³/mol. The molecule has 0 saturated heterocycles. The number of rotatable bonds is 4. The van der Waals surface area contributed by atoms with Gasteiger partial charge in [-0.1, -0.05) is 35.0 Å². The molecule has 1 aliphatic heterocycles. The standard InChI is InChI=1S/C22H10Cl2N2O7S/c1-2-33-8-3-4-9-14(5-8)34-22(21(9)28)16-10-6-12(25(29)30)18(23)17-15(10)11(20(16)27)7-13(19(17)24)26(31)32/h3-7H,2H2,1H3/b22-16+. The van der Waals surface area contributed by atoms with E-state index in [2.05, 4.69) is 0 Å². The number of nitrogens with zero attached hydrogens (tertiary/aromatic N) is 2. The Kier molecular flexibility index (Phi) is 5.12. The van der Waals surface area contributed by atoms with Crippen molar-refractivity contribution in [2.45, 2.75) is 11.8 Å². The molecule has 0 saturated carbocycles. The van der Waals surface area contributed by atoms with Crippen molar-refractivity contribution in [3.8, 4) is 5.75 Å². The summed E-state index contributed by atoms with van der Waals surface area (Å²) in [7, 11) is 0. The van der Waals surface area contributed by atoms with Gasteiger partial charge in [-0.25, -0.2) is 0 Å². The van der Waals surface area contributed by atoms with Crippen LogP contribution in [0.25, 0.3) is 26.5 Å². The van der Waals surface area contributed by atoms with Gasteiger partial charge in [0.25, 0.3) is 11.4 Å². The quantitative estimate of drug-likeness (QED) is 0.269. The summed E-state index contributed by atoms with van der Waals surface area (Å²) in [4.78, 5) is 49.0.